The molecule has 3 fully saturated rings. The summed E-state index contributed by atoms with van der Waals surface area (Å²) in [6.45, 7) is 4.95. The fourth-order valence-electron chi connectivity index (χ4n) is 13.3. The number of Topliss-reactive ketones (excluding diaryl/α,β-unsaturated/α-hetero) is 2. The number of aliphatic hydroxyl groups is 6. The number of ketones is 4. The summed E-state index contributed by atoms with van der Waals surface area (Å²) in [6, 6.07) is -4.89. The molecule has 7 rings (SSSR count). The second-order valence-corrected chi connectivity index (χ2v) is 26.5. The van der Waals surface area contributed by atoms with Crippen LogP contribution in [0.4, 0.5) is 0 Å². The van der Waals surface area contributed by atoms with Gasteiger partial charge in [0.05, 0.1) is 73.5 Å². The number of benzene rings is 2. The minimum Gasteiger partial charge on any atom is -0.550 e. The van der Waals surface area contributed by atoms with E-state index in [0.29, 0.717) is 0 Å². The number of nitrogens with two attached hydrogens (primary N) is 1. The number of primary amides is 1. The maximum atomic E-state index is 14.0. The van der Waals surface area contributed by atoms with Crippen LogP contribution in [0.25, 0.3) is 0 Å². The number of ether oxygens (including phenoxy) is 3. The monoisotopic (exact) mass is 1450 g/mol. The molecule has 8 amide bonds. The summed E-state index contributed by atoms with van der Waals surface area (Å²) >= 11 is 0. The molecule has 17 N–H and O–H groups in total. The van der Waals surface area contributed by atoms with E-state index in [1.54, 1.807) is 13.8 Å². The number of hydrogen-bond donors (Lipinski definition) is 16. The molecule has 2 heterocycles. The van der Waals surface area contributed by atoms with E-state index in [1.165, 1.54) is 53.1 Å². The van der Waals surface area contributed by atoms with Crippen molar-refractivity contribution >= 4 is 76.4 Å². The predicted octanol–water partition coefficient (Wildman–Crippen LogP) is -7.47. The molecule has 2 aliphatic heterocycles. The van der Waals surface area contributed by atoms with Gasteiger partial charge < -0.3 is 113 Å². The number of aliphatic carboxylic acids is 1. The molecule has 558 valence electrons. The summed E-state index contributed by atoms with van der Waals surface area (Å²) in [4.78, 5) is 167. The van der Waals surface area contributed by atoms with Gasteiger partial charge in [0.1, 0.15) is 65.8 Å². The SMILES string of the molecule is CC(=O)C(NC(=O)C(CO)NC(=O)C(C)NC(=O)C1CC(O)CN1C(=O)CCCC(=O)[O-])C1CCCCC1.CN[C@@H](CCC(N)=O)C(=O)NC(CO)C(=O)N[C@@H](CC(C)C)C(=O)NC1CC(OC2C[C@](O)(C(=O)CO)Cc3c(O)c4c(c(O)c32)C(=O)c2c(OC)cccc2C4=O)OC(C)C1O.[Na+]. The summed E-state index contributed by atoms with van der Waals surface area (Å²) in [5.41, 5.74) is 0.727. The van der Waals surface area contributed by atoms with Crippen molar-refractivity contribution in [2.45, 2.75) is 216 Å². The van der Waals surface area contributed by atoms with Crippen LogP contribution < -0.4 is 82.4 Å². The van der Waals surface area contributed by atoms with Gasteiger partial charge in [-0.1, -0.05) is 45.2 Å². The van der Waals surface area contributed by atoms with Crippen molar-refractivity contribution in [2.75, 3.05) is 40.5 Å². The standard InChI is InChI=1S/C42H55N5O16.C25H40N4O9.Na/c1-17(2)11-23(46-41(59)24(15-48)47-39(57)21(44-4)9-10-28(43)51)40(58)45-22-12-29(62-18(3)34(22)52)63-26-14-42(60,27(50)16-49)13-20-31(26)38(56)33-32(36(20)54)35(53)19-7-6-8-25(61-5)30(19)37(33)55;1-14(26-25(38)19-11-17(32)12-29(19)20(33)9-6-10-21(34)35)23(36)27-18(13-30)24(37)28-22(15(2)31)16-7-4-3-5-8-16;/h6-8,17-18,21-24,26,29,34,44,48-49,52,54,56,60H,9-16H2,1-5H3,(H2,43,51)(H,45,58)(H,46,59)(H,47,57);14,16-19,22,30,32H,3-13H2,1-2H3,(H,26,38)(H,27,36)(H,28,37)(H,34,35);/q;;+1/p-1/t18?,21-,22?,23-,24?,26?,29?,34?,42-;;/m0../s1. The Morgan fingerprint density at radius 3 is 1.96 bits per heavy atom. The van der Waals surface area contributed by atoms with Crippen LogP contribution in [0, 0.1) is 11.8 Å². The van der Waals surface area contributed by atoms with Crippen LogP contribution in [0.3, 0.4) is 0 Å². The molecule has 0 aromatic heterocycles. The molecule has 35 heteroatoms. The fourth-order valence-corrected chi connectivity index (χ4v) is 13.3. The molecule has 3 aliphatic carbocycles. The Morgan fingerprint density at radius 1 is 0.775 bits per heavy atom. The van der Waals surface area contributed by atoms with E-state index in [0.717, 1.165) is 37.0 Å². The third kappa shape index (κ3) is 21.1. The number of β-amino-alcohol motifs (C(OH)–C–C–N with tert-alkyl or cyclic N) is 1. The topological polar surface area (TPSA) is 548 Å². The first-order chi connectivity index (χ1) is 47.6. The van der Waals surface area contributed by atoms with Crippen molar-refractivity contribution in [3.05, 3.63) is 51.6 Å². The van der Waals surface area contributed by atoms with Crippen molar-refractivity contribution in [3.8, 4) is 17.2 Å². The number of rotatable bonds is 31. The number of nitrogens with one attached hydrogen (secondary N) is 7. The number of aliphatic hydroxyl groups excluding tert-OH is 5. The molecule has 1 saturated carbocycles. The number of phenols is 2. The minimum atomic E-state index is -2.42. The molecular formula is C67H94N9NaO25. The minimum absolute atomic E-state index is 0. The number of likely N-dealkylation sites (N-methyl/N-ethyl adjacent to an activating group) is 1. The number of carboxylic acids is 1. The quantitative estimate of drug-likeness (QED) is 0.0210. The Morgan fingerprint density at radius 2 is 1.38 bits per heavy atom. The van der Waals surface area contributed by atoms with Crippen LogP contribution in [-0.4, -0.2) is 241 Å². The molecule has 0 spiro atoms. The van der Waals surface area contributed by atoms with Gasteiger partial charge in [0.2, 0.25) is 53.0 Å². The number of likely N-dealkylation sites (tertiary alicyclic amines) is 1. The Balaban J connectivity index is 0.000000411. The van der Waals surface area contributed by atoms with Gasteiger partial charge in [-0.05, 0) is 84.2 Å². The molecule has 34 nitrogen and oxygen atoms in total. The van der Waals surface area contributed by atoms with Crippen LogP contribution in [0.15, 0.2) is 18.2 Å². The molecule has 0 bridgehead atoms. The zero-order valence-corrected chi connectivity index (χ0v) is 60.4. The van der Waals surface area contributed by atoms with Gasteiger partial charge >= 0.3 is 29.6 Å². The van der Waals surface area contributed by atoms with E-state index in [1.807, 2.05) is 0 Å². The van der Waals surface area contributed by atoms with E-state index < -0.39 is 211 Å². The van der Waals surface area contributed by atoms with Crippen LogP contribution in [0.2, 0.25) is 0 Å². The number of carbonyl (C=O) groups is 13. The van der Waals surface area contributed by atoms with E-state index in [-0.39, 0.29) is 133 Å². The van der Waals surface area contributed by atoms with Crippen molar-refractivity contribution in [1.82, 2.24) is 42.1 Å². The number of aromatic hydroxyl groups is 2. The average Bonchev–Trinajstić information content (AvgIpc) is 0.771. The van der Waals surface area contributed by atoms with Gasteiger partial charge in [-0.25, -0.2) is 0 Å². The second kappa shape index (κ2) is 38.2. The summed E-state index contributed by atoms with van der Waals surface area (Å²) in [5.74, 6) is -11.8. The molecular weight excluding hydrogens is 1350 g/mol. The van der Waals surface area contributed by atoms with Crippen molar-refractivity contribution < 1.29 is 152 Å². The second-order valence-electron chi connectivity index (χ2n) is 26.5. The first-order valence-corrected chi connectivity index (χ1v) is 33.6. The number of methoxy groups -OCH3 is 1. The number of hydrogen-bond acceptors (Lipinski definition) is 26. The van der Waals surface area contributed by atoms with E-state index >= 15 is 0 Å². The predicted molar refractivity (Wildman–Crippen MR) is 348 cm³/mol. The third-order valence-electron chi connectivity index (χ3n) is 18.7. The average molecular weight is 1450 g/mol. The number of nitrogens with zero attached hydrogens (tertiary/aromatic N) is 1. The number of fused-ring (bicyclic) bond motifs is 3. The number of carboxylic acid groups (broad SMARTS) is 1. The van der Waals surface area contributed by atoms with Gasteiger partial charge in [0, 0.05) is 67.7 Å². The molecule has 2 aromatic rings. The van der Waals surface area contributed by atoms with Crippen LogP contribution in [-0.2, 0) is 68.6 Å². The summed E-state index contributed by atoms with van der Waals surface area (Å²) in [5, 5.41) is 114. The first kappa shape index (κ1) is 85.0. The van der Waals surface area contributed by atoms with Crippen LogP contribution >= 0.6 is 0 Å². The molecule has 11 unspecified atom stereocenters. The molecule has 14 atom stereocenters. The zero-order chi connectivity index (χ0) is 75.1. The third-order valence-corrected chi connectivity index (χ3v) is 18.7. The summed E-state index contributed by atoms with van der Waals surface area (Å²) in [6.07, 6.45) is -3.97. The van der Waals surface area contributed by atoms with Crippen LogP contribution in [0.1, 0.15) is 174 Å². The molecule has 102 heavy (non-hydrogen) atoms. The Hall–Kier alpha value is -7.61. The largest absolute Gasteiger partial charge is 1.00 e. The van der Waals surface area contributed by atoms with E-state index in [2.05, 4.69) is 37.2 Å². The Labute approximate surface area is 609 Å². The molecule has 0 radical (unpaired) electrons. The summed E-state index contributed by atoms with van der Waals surface area (Å²) < 4.78 is 17.5. The van der Waals surface area contributed by atoms with E-state index in [4.69, 9.17) is 19.9 Å². The van der Waals surface area contributed by atoms with Crippen LogP contribution in [0.5, 0.6) is 17.2 Å². The van der Waals surface area contributed by atoms with Crippen molar-refractivity contribution in [3.63, 3.8) is 0 Å². The van der Waals surface area contributed by atoms with Gasteiger partial charge in [-0.2, -0.15) is 0 Å². The molecule has 2 saturated heterocycles. The maximum absolute atomic E-state index is 14.0. The number of carbonyl (C=O) groups excluding carboxylic acids is 13. The summed E-state index contributed by atoms with van der Waals surface area (Å²) in [7, 11) is 2.74. The molecule has 2 aromatic carbocycles. The van der Waals surface area contributed by atoms with Gasteiger partial charge in [0.15, 0.2) is 23.6 Å². The Bertz CT molecular complexity index is 3440. The van der Waals surface area contributed by atoms with Gasteiger partial charge in [-0.15, -0.1) is 0 Å². The van der Waals surface area contributed by atoms with Crippen molar-refractivity contribution in [2.24, 2.45) is 17.6 Å². The smallest absolute Gasteiger partial charge is 0.550 e. The van der Waals surface area contributed by atoms with Gasteiger partial charge in [0.25, 0.3) is 0 Å². The molecule has 5 aliphatic rings. The Kier molecular flexibility index (Phi) is 31.9. The number of phenolic OH excluding ortho intramolecular Hbond substituents is 2. The first-order valence-electron chi connectivity index (χ1n) is 33.6. The van der Waals surface area contributed by atoms with Crippen molar-refractivity contribution in [1.29, 1.82) is 0 Å². The van der Waals surface area contributed by atoms with Gasteiger partial charge in [-0.3, -0.25) is 57.5 Å². The number of amides is 8. The fraction of sp³-hybridized carbons (Fsp3) is 0.627. The van der Waals surface area contributed by atoms with E-state index in [9.17, 15) is 108 Å². The maximum Gasteiger partial charge on any atom is 1.00 e. The normalized spacial score (nSPS) is 23.2. The zero-order valence-electron chi connectivity index (χ0n) is 58.4.